The van der Waals surface area contributed by atoms with Crippen LogP contribution < -0.4 is 5.32 Å². The van der Waals surface area contributed by atoms with E-state index in [1.807, 2.05) is 0 Å². The van der Waals surface area contributed by atoms with Gasteiger partial charge in [-0.2, -0.15) is 0 Å². The molecule has 0 saturated carbocycles. The number of carbonyl (C=O) groups excluding carboxylic acids is 4. The summed E-state index contributed by atoms with van der Waals surface area (Å²) in [6, 6.07) is 4.58. The van der Waals surface area contributed by atoms with Crippen LogP contribution in [0.25, 0.3) is 10.9 Å². The number of nitrogens with zero attached hydrogens (tertiary/aromatic N) is 1. The van der Waals surface area contributed by atoms with E-state index >= 15 is 0 Å². The highest BCUT2D eigenvalue weighted by Gasteiger charge is 2.19. The minimum absolute atomic E-state index is 0.0390. The summed E-state index contributed by atoms with van der Waals surface area (Å²) in [4.78, 5) is 46.4. The van der Waals surface area contributed by atoms with E-state index in [9.17, 15) is 19.2 Å². The van der Waals surface area contributed by atoms with Gasteiger partial charge in [0.25, 0.3) is 0 Å². The van der Waals surface area contributed by atoms with Crippen LogP contribution in [0, 0.1) is 0 Å². The maximum absolute atomic E-state index is 12.0. The van der Waals surface area contributed by atoms with Gasteiger partial charge in [-0.1, -0.05) is 12.1 Å². The summed E-state index contributed by atoms with van der Waals surface area (Å²) in [7, 11) is 1.24. The average molecular weight is 374 g/mol. The maximum Gasteiger partial charge on any atom is 0.407 e. The Kier molecular flexibility index (Phi) is 6.33. The highest BCUT2D eigenvalue weighted by molar-refractivity contribution is 6.01. The number of hydrogen-bond acceptors (Lipinski definition) is 6. The van der Waals surface area contributed by atoms with Crippen molar-refractivity contribution in [3.05, 3.63) is 35.5 Å². The number of benzene rings is 1. The number of carbonyl (C=O) groups is 4. The largest absolute Gasteiger partial charge is 0.464 e. The Bertz CT molecular complexity index is 899. The van der Waals surface area contributed by atoms with Crippen molar-refractivity contribution in [1.29, 1.82) is 0 Å². The fraction of sp³-hybridized carbons (Fsp3) is 0.368. The first kappa shape index (κ1) is 20.2. The summed E-state index contributed by atoms with van der Waals surface area (Å²) in [5, 5.41) is 3.39. The predicted molar refractivity (Wildman–Crippen MR) is 97.9 cm³/mol. The number of ketones is 1. The summed E-state index contributed by atoms with van der Waals surface area (Å²) in [5.41, 5.74) is 1.87. The molecule has 1 aromatic heterocycles. The second kappa shape index (κ2) is 8.48. The van der Waals surface area contributed by atoms with Crippen molar-refractivity contribution in [2.75, 3.05) is 13.7 Å². The predicted octanol–water partition coefficient (Wildman–Crippen LogP) is 2.33. The molecule has 1 atom stereocenters. The van der Waals surface area contributed by atoms with Crippen molar-refractivity contribution in [2.24, 2.45) is 0 Å². The number of amides is 1. The lowest BCUT2D eigenvalue weighted by molar-refractivity contribution is -0.141. The number of Topliss-reactive ketones (excluding diaryl/α,β-unsaturated/α-hetero) is 1. The molecule has 1 N–H and O–H groups in total. The van der Waals surface area contributed by atoms with Gasteiger partial charge in [-0.15, -0.1) is 0 Å². The third-order valence-electron chi connectivity index (χ3n) is 4.10. The number of esters is 1. The number of nitrogens with one attached hydrogen (secondary N) is 1. The highest BCUT2D eigenvalue weighted by atomic mass is 16.5. The molecule has 0 aliphatic heterocycles. The number of fused-ring (bicyclic) bond motifs is 1. The first-order valence-electron chi connectivity index (χ1n) is 8.36. The first-order valence-corrected chi connectivity index (χ1v) is 8.36. The first-order chi connectivity index (χ1) is 12.7. The van der Waals surface area contributed by atoms with Crippen LogP contribution in [0.3, 0.4) is 0 Å². The zero-order valence-electron chi connectivity index (χ0n) is 15.7. The molecule has 0 saturated heterocycles. The minimum Gasteiger partial charge on any atom is -0.464 e. The molecule has 0 unspecified atom stereocenters. The normalized spacial score (nSPS) is 11.7. The zero-order chi connectivity index (χ0) is 20.1. The summed E-state index contributed by atoms with van der Waals surface area (Å²) in [6.45, 7) is 4.12. The molecule has 1 aromatic carbocycles. The second-order valence-corrected chi connectivity index (χ2v) is 6.17. The van der Waals surface area contributed by atoms with E-state index in [1.165, 1.54) is 32.4 Å². The Morgan fingerprint density at radius 3 is 2.41 bits per heavy atom. The summed E-state index contributed by atoms with van der Waals surface area (Å²) >= 11 is 0. The van der Waals surface area contributed by atoms with Gasteiger partial charge < -0.3 is 14.8 Å². The highest BCUT2D eigenvalue weighted by Crippen LogP contribution is 2.24. The number of hydrogen-bond donors (Lipinski definition) is 1. The van der Waals surface area contributed by atoms with Crippen LogP contribution in [0.4, 0.5) is 4.79 Å². The molecule has 8 nitrogen and oxygen atoms in total. The molecule has 2 aromatic rings. The Morgan fingerprint density at radius 1 is 1.15 bits per heavy atom. The average Bonchev–Trinajstić information content (AvgIpc) is 2.97. The van der Waals surface area contributed by atoms with Gasteiger partial charge in [0.1, 0.15) is 6.61 Å². The molecular formula is C19H22N2O6. The maximum atomic E-state index is 12.0. The molecule has 144 valence electrons. The number of ether oxygens (including phenoxy) is 2. The van der Waals surface area contributed by atoms with Gasteiger partial charge in [0.05, 0.1) is 18.7 Å². The number of aromatic nitrogens is 1. The molecule has 0 radical (unpaired) electrons. The van der Waals surface area contributed by atoms with Crippen molar-refractivity contribution >= 4 is 34.7 Å². The van der Waals surface area contributed by atoms with Crippen molar-refractivity contribution in [1.82, 2.24) is 9.88 Å². The molecule has 0 bridgehead atoms. The molecule has 27 heavy (non-hydrogen) atoms. The van der Waals surface area contributed by atoms with E-state index in [2.05, 4.69) is 10.1 Å². The van der Waals surface area contributed by atoms with Gasteiger partial charge in [-0.25, -0.2) is 4.79 Å². The lowest BCUT2D eigenvalue weighted by Crippen LogP contribution is -2.40. The standard InChI is InChI=1S/C19H22N2O6/c1-11(22)14-5-6-17-15(9-21(12(2)23)18(17)8-14)7-16(10-27-13(3)24)20-19(25)26-4/h5-6,8-9,16H,7,10H2,1-4H3,(H,20,25)/t16-/m0/s1. The monoisotopic (exact) mass is 374 g/mol. The Morgan fingerprint density at radius 2 is 1.85 bits per heavy atom. The molecule has 1 heterocycles. The van der Waals surface area contributed by atoms with Crippen LogP contribution in [-0.4, -0.2) is 48.1 Å². The van der Waals surface area contributed by atoms with E-state index in [4.69, 9.17) is 4.74 Å². The van der Waals surface area contributed by atoms with E-state index in [1.54, 1.807) is 24.4 Å². The summed E-state index contributed by atoms with van der Waals surface area (Å²) in [5.74, 6) is -0.775. The van der Waals surface area contributed by atoms with Crippen molar-refractivity contribution in [3.8, 4) is 0 Å². The lowest BCUT2D eigenvalue weighted by atomic mass is 10.0. The van der Waals surface area contributed by atoms with Crippen molar-refractivity contribution < 1.29 is 28.7 Å². The lowest BCUT2D eigenvalue weighted by Gasteiger charge is -2.17. The van der Waals surface area contributed by atoms with Crippen LogP contribution in [0.15, 0.2) is 24.4 Å². The van der Waals surface area contributed by atoms with Gasteiger partial charge in [-0.05, 0) is 25.0 Å². The van der Waals surface area contributed by atoms with E-state index in [0.29, 0.717) is 17.5 Å². The van der Waals surface area contributed by atoms with Gasteiger partial charge in [0.2, 0.25) is 5.91 Å². The van der Waals surface area contributed by atoms with E-state index < -0.39 is 18.1 Å². The number of methoxy groups -OCH3 is 1. The number of rotatable bonds is 6. The fourth-order valence-electron chi connectivity index (χ4n) is 2.80. The van der Waals surface area contributed by atoms with Crippen LogP contribution >= 0.6 is 0 Å². The Labute approximate surface area is 156 Å². The molecule has 8 heteroatoms. The third kappa shape index (κ3) is 4.93. The molecule has 0 fully saturated rings. The van der Waals surface area contributed by atoms with Crippen LogP contribution in [-0.2, 0) is 20.7 Å². The molecule has 0 aliphatic rings. The fourth-order valence-corrected chi connectivity index (χ4v) is 2.80. The zero-order valence-corrected chi connectivity index (χ0v) is 15.7. The van der Waals surface area contributed by atoms with Crippen molar-refractivity contribution in [3.63, 3.8) is 0 Å². The van der Waals surface area contributed by atoms with Crippen molar-refractivity contribution in [2.45, 2.75) is 33.2 Å². The quantitative estimate of drug-likeness (QED) is 0.615. The van der Waals surface area contributed by atoms with Crippen LogP contribution in [0.5, 0.6) is 0 Å². The van der Waals surface area contributed by atoms with E-state index in [-0.39, 0.29) is 18.3 Å². The smallest absolute Gasteiger partial charge is 0.407 e. The van der Waals surface area contributed by atoms with Gasteiger partial charge in [0, 0.05) is 31.0 Å². The Balaban J connectivity index is 2.42. The van der Waals surface area contributed by atoms with Gasteiger partial charge >= 0.3 is 12.1 Å². The molecule has 1 amide bonds. The molecule has 0 spiro atoms. The topological polar surface area (TPSA) is 104 Å². The van der Waals surface area contributed by atoms with Crippen LogP contribution in [0.2, 0.25) is 0 Å². The third-order valence-corrected chi connectivity index (χ3v) is 4.10. The minimum atomic E-state index is -0.652. The van der Waals surface area contributed by atoms with Gasteiger partial charge in [0.15, 0.2) is 5.78 Å². The SMILES string of the molecule is COC(=O)N[C@H](COC(C)=O)Cc1cn(C(C)=O)c2cc(C(C)=O)ccc12. The molecule has 2 rings (SSSR count). The molecular weight excluding hydrogens is 352 g/mol. The summed E-state index contributed by atoms with van der Waals surface area (Å²) in [6.07, 6.45) is 1.32. The van der Waals surface area contributed by atoms with E-state index in [0.717, 1.165) is 10.9 Å². The van der Waals surface area contributed by atoms with Crippen LogP contribution in [0.1, 0.15) is 41.5 Å². The number of alkyl carbamates (subject to hydrolysis) is 1. The Hall–Kier alpha value is -3.16. The second-order valence-electron chi connectivity index (χ2n) is 6.17. The summed E-state index contributed by atoms with van der Waals surface area (Å²) < 4.78 is 11.1. The molecule has 0 aliphatic carbocycles. The van der Waals surface area contributed by atoms with Gasteiger partial charge in [-0.3, -0.25) is 19.0 Å².